The molecule has 0 bridgehead atoms. The van der Waals surface area contributed by atoms with Crippen molar-refractivity contribution < 1.29 is 121 Å². The van der Waals surface area contributed by atoms with Crippen LogP contribution in [0.15, 0.2) is 193 Å². The summed E-state index contributed by atoms with van der Waals surface area (Å²) in [6, 6.07) is 68.4. The zero-order valence-corrected chi connectivity index (χ0v) is 118. The van der Waals surface area contributed by atoms with Crippen LogP contribution in [0.5, 0.6) is 0 Å². The summed E-state index contributed by atoms with van der Waals surface area (Å²) in [5.41, 5.74) is 25.7. The van der Waals surface area contributed by atoms with Crippen molar-refractivity contribution >= 4 is 141 Å². The standard InChI is InChI=1S/2C24H30NSi.2C23H30Ge2N.2C11H22O2.2C5H10O2.4Ir/c2*1-16(2)10-19-14-23-21(24(15-19)26(5,6)7)8-9-22(25-23)20-12-17(3)11-18(4)13-20;2*1-16-11-17(2)13-18(12-16)22-10-9-20-21(25(6,7)8)14-19(24(3,4)5)15-23(20)26-22;2*1-8(2)5-10(12)7-11(13)6-9(3)4;2*1-4(6)3-5(2)7;;;;/h2*8-9,11-12,14-16H,10H2,1-7H3;2*9-12,14-15H,1-8H3;2*7-10,12-13H,5-6H2,1-4H3;2*3-4,6-7H,1-2H3;;;;/q4*-1;;;;;;;;. The van der Waals surface area contributed by atoms with Gasteiger partial charge in [-0.25, -0.2) is 0 Å². The van der Waals surface area contributed by atoms with Crippen LogP contribution in [0.2, 0.25) is 108 Å². The molecule has 22 heteroatoms. The van der Waals surface area contributed by atoms with Crippen molar-refractivity contribution in [2.45, 2.75) is 337 Å². The van der Waals surface area contributed by atoms with E-state index in [2.05, 4.69) is 389 Å². The van der Waals surface area contributed by atoms with Gasteiger partial charge in [0.1, 0.15) is 0 Å². The van der Waals surface area contributed by atoms with Crippen LogP contribution >= 0.6 is 0 Å². The Balaban J connectivity index is 0.000000874. The molecule has 820 valence electrons. The number of allylic oxidation sites excluding steroid dienone is 4. The monoisotopic (exact) mass is 3000 g/mol. The summed E-state index contributed by atoms with van der Waals surface area (Å²) in [4.78, 5) is 20.3. The van der Waals surface area contributed by atoms with Gasteiger partial charge in [-0.2, -0.15) is 0 Å². The van der Waals surface area contributed by atoms with Gasteiger partial charge in [0.2, 0.25) is 0 Å². The molecule has 12 aromatic rings. The van der Waals surface area contributed by atoms with Crippen molar-refractivity contribution in [1.29, 1.82) is 0 Å². The van der Waals surface area contributed by atoms with Gasteiger partial charge in [0, 0.05) is 93.3 Å². The average Bonchev–Trinajstić information content (AvgIpc) is 0.767. The third-order valence-corrected chi connectivity index (χ3v) is 44.7. The van der Waals surface area contributed by atoms with E-state index >= 15 is 0 Å². The number of hydrogen-bond acceptors (Lipinski definition) is 12. The van der Waals surface area contributed by atoms with E-state index in [1.807, 2.05) is 27.7 Å². The molecule has 0 aliphatic carbocycles. The van der Waals surface area contributed by atoms with Crippen LogP contribution in [0.3, 0.4) is 0 Å². The second-order valence-electron chi connectivity index (χ2n) is 49.1. The molecule has 4 atom stereocenters. The molecule has 4 aromatic heterocycles. The van der Waals surface area contributed by atoms with Crippen LogP contribution in [0, 0.1) is 115 Å². The third kappa shape index (κ3) is 49.8. The van der Waals surface area contributed by atoms with Crippen molar-refractivity contribution in [2.24, 2.45) is 35.5 Å². The molecule has 0 aliphatic heterocycles. The van der Waals surface area contributed by atoms with Gasteiger partial charge in [-0.05, 0) is 159 Å². The Bertz CT molecular complexity index is 5900. The second-order valence-corrected chi connectivity index (χ2v) is 102. The van der Waals surface area contributed by atoms with E-state index in [0.717, 1.165) is 68.9 Å². The summed E-state index contributed by atoms with van der Waals surface area (Å²) in [5.74, 6) is 33.8. The number of aryl methyl sites for hydroxylation is 8. The van der Waals surface area contributed by atoms with Crippen molar-refractivity contribution in [3.05, 3.63) is 273 Å². The van der Waals surface area contributed by atoms with Crippen molar-refractivity contribution in [3.8, 4) is 45.0 Å². The minimum Gasteiger partial charge on any atom is -0.296 e. The minimum absolute atomic E-state index is 0. The van der Waals surface area contributed by atoms with Crippen LogP contribution < -0.4 is 28.0 Å². The number of fused-ring (bicyclic) bond motifs is 4. The van der Waals surface area contributed by atoms with Gasteiger partial charge in [0.15, 0.2) is 0 Å². The number of rotatable bonds is 26. The molecule has 0 amide bonds. The van der Waals surface area contributed by atoms with Gasteiger partial charge >= 0.3 is 329 Å². The molecule has 0 saturated carbocycles. The molecular formula is C126H184Ge4Ir4N4O8Si2-4. The molecule has 12 rings (SSSR count). The first kappa shape index (κ1) is 141. The number of aromatic nitrogens is 4. The first-order chi connectivity index (χ1) is 66.2. The van der Waals surface area contributed by atoms with Crippen LogP contribution in [0.1, 0.15) is 192 Å². The topological polar surface area (TPSA) is 213 Å². The summed E-state index contributed by atoms with van der Waals surface area (Å²) in [6.07, 6.45) is 8.69. The largest absolute Gasteiger partial charge is 0.296 e. The Hall–Kier alpha value is -5.40. The second kappa shape index (κ2) is 63.1. The van der Waals surface area contributed by atoms with E-state index in [4.69, 9.17) is 40.4 Å². The van der Waals surface area contributed by atoms with Crippen molar-refractivity contribution in [2.75, 3.05) is 0 Å². The number of nitrogens with zero attached hydrogens (tertiary/aromatic N) is 4. The fourth-order valence-electron chi connectivity index (χ4n) is 17.5. The van der Waals surface area contributed by atoms with Crippen molar-refractivity contribution in [1.82, 2.24) is 19.9 Å². The molecule has 8 N–H and O–H groups in total. The van der Waals surface area contributed by atoms with Gasteiger partial charge in [0.25, 0.3) is 0 Å². The summed E-state index contributed by atoms with van der Waals surface area (Å²) in [7, 11) is -2.89. The SMILES string of the molecule is CC(C)CC(O)=CC(O)CC(C)C.CC(C)CC(O)=CC(O)CC(C)C.CC(O)=CC(C)O.CC(O)=CC(C)O.Cc1[c-]c(-c2ccc3[c]([Ge]([CH3])([CH3])[CH3])c[c]([Ge]([CH3])([CH3])[CH3])cc3n2)cc(C)c1.Cc1[c-]c(-c2ccc3[c]([Ge]([CH3])([CH3])[CH3])c[c]([Ge]([CH3])([CH3])[CH3])cc3n2)cc(C)c1.Cc1[c-]c(-c2ccc3c([Si](C)(C)C)cc(CC(C)C)cc3n2)cc(C)c1.Cc1[c-]c(-c2ccc3c([Si](C)(C)C)cc(CC(C)C)cc3n2)cc(C)c1.[Ir].[Ir].[Ir].[Ir]. The number of aliphatic hydroxyl groups excluding tert-OH is 8. The van der Waals surface area contributed by atoms with Gasteiger partial charge in [-0.1, -0.05) is 197 Å². The van der Waals surface area contributed by atoms with E-state index in [1.165, 1.54) is 125 Å². The molecule has 12 nitrogen and oxygen atoms in total. The number of pyridine rings is 4. The Morgan fingerprint density at radius 3 is 0.736 bits per heavy atom. The van der Waals surface area contributed by atoms with Gasteiger partial charge in [0.05, 0.1) is 74.6 Å². The third-order valence-electron chi connectivity index (χ3n) is 23.7. The Morgan fingerprint density at radius 1 is 0.304 bits per heavy atom. The van der Waals surface area contributed by atoms with Crippen LogP contribution in [-0.4, -0.2) is 154 Å². The molecule has 4 heterocycles. The minimum atomic E-state index is -1.98. The molecule has 0 saturated heterocycles. The molecule has 0 aliphatic rings. The maximum absolute atomic E-state index is 9.47. The van der Waals surface area contributed by atoms with Crippen LogP contribution in [0.25, 0.3) is 88.6 Å². The van der Waals surface area contributed by atoms with E-state index < -0.39 is 93.6 Å². The predicted molar refractivity (Wildman–Crippen MR) is 644 cm³/mol. The van der Waals surface area contributed by atoms with Crippen LogP contribution in [-0.2, 0) is 93.3 Å². The maximum Gasteiger partial charge on any atom is 0.0784 e. The zero-order valence-electron chi connectivity index (χ0n) is 97.9. The van der Waals surface area contributed by atoms with Gasteiger partial charge in [-0.3, -0.25) is 9.97 Å². The van der Waals surface area contributed by atoms with E-state index in [0.29, 0.717) is 72.7 Å². The molecular weight excluding hydrogens is 2810 g/mol. The van der Waals surface area contributed by atoms with E-state index in [9.17, 15) is 20.4 Å². The fourth-order valence-corrected chi connectivity index (χ4v) is 33.6. The number of aliphatic hydroxyl groups is 8. The summed E-state index contributed by atoms with van der Waals surface area (Å²) < 4.78 is 6.34. The summed E-state index contributed by atoms with van der Waals surface area (Å²) in [5, 5.41) is 80.0. The average molecular weight is 3000 g/mol. The molecule has 0 fully saturated rings. The van der Waals surface area contributed by atoms with E-state index in [-0.39, 0.29) is 91.9 Å². The molecule has 4 unspecified atom stereocenters. The predicted octanol–water partition coefficient (Wildman–Crippen LogP) is 30.4. The van der Waals surface area contributed by atoms with Crippen LogP contribution in [0.4, 0.5) is 0 Å². The molecule has 8 aromatic carbocycles. The quantitative estimate of drug-likeness (QED) is 0.0145. The van der Waals surface area contributed by atoms with Crippen molar-refractivity contribution in [3.63, 3.8) is 0 Å². The fraction of sp³-hybridized carbons (Fsp3) is 0.460. The normalized spacial score (nSPS) is 13.0. The Kier molecular flexibility index (Phi) is 60.0. The van der Waals surface area contributed by atoms with Gasteiger partial charge < -0.3 is 40.9 Å². The molecule has 148 heavy (non-hydrogen) atoms. The maximum atomic E-state index is 9.47. The molecule has 0 spiro atoms. The summed E-state index contributed by atoms with van der Waals surface area (Å²) >= 11 is -7.81. The first-order valence-electron chi connectivity index (χ1n) is 52.3. The van der Waals surface area contributed by atoms with E-state index in [1.54, 1.807) is 43.6 Å². The molecule has 4 radical (unpaired) electrons. The summed E-state index contributed by atoms with van der Waals surface area (Å²) in [6.45, 7) is 63.2. The smallest absolute Gasteiger partial charge is 0.0784 e. The number of benzene rings is 8. The number of hydrogen-bond donors (Lipinski definition) is 8. The first-order valence-corrected chi connectivity index (χ1v) is 88.7. The Morgan fingerprint density at radius 2 is 0.547 bits per heavy atom. The zero-order chi connectivity index (χ0) is 109. The van der Waals surface area contributed by atoms with Gasteiger partial charge in [-0.15, -0.1) is 69.8 Å². The Labute approximate surface area is 962 Å².